The standard InChI is InChI=1S/C14H26N2/c1-5-6-12(2)13(3)7-8-14(4)16-10-9-15-11-16/h9-14H,5-8H2,1-4H3. The Balaban J connectivity index is 2.28. The van der Waals surface area contributed by atoms with Crippen LogP contribution in [0.15, 0.2) is 18.7 Å². The van der Waals surface area contributed by atoms with E-state index in [0.717, 1.165) is 11.8 Å². The van der Waals surface area contributed by atoms with Crippen molar-refractivity contribution >= 4 is 0 Å². The average molecular weight is 222 g/mol. The zero-order valence-electron chi connectivity index (χ0n) is 11.2. The van der Waals surface area contributed by atoms with E-state index in [9.17, 15) is 0 Å². The first kappa shape index (κ1) is 13.3. The van der Waals surface area contributed by atoms with Crippen molar-refractivity contribution in [2.24, 2.45) is 11.8 Å². The molecule has 0 amide bonds. The van der Waals surface area contributed by atoms with Crippen LogP contribution in [0.4, 0.5) is 0 Å². The summed E-state index contributed by atoms with van der Waals surface area (Å²) in [5.74, 6) is 1.70. The van der Waals surface area contributed by atoms with Crippen molar-refractivity contribution in [3.8, 4) is 0 Å². The minimum Gasteiger partial charge on any atom is -0.335 e. The molecule has 0 aliphatic heterocycles. The van der Waals surface area contributed by atoms with E-state index in [1.165, 1.54) is 25.7 Å². The molecule has 1 rings (SSSR count). The third-order valence-corrected chi connectivity index (χ3v) is 3.79. The van der Waals surface area contributed by atoms with Crippen LogP contribution in [0.3, 0.4) is 0 Å². The van der Waals surface area contributed by atoms with Gasteiger partial charge in [-0.3, -0.25) is 0 Å². The van der Waals surface area contributed by atoms with Gasteiger partial charge in [0.1, 0.15) is 0 Å². The van der Waals surface area contributed by atoms with Gasteiger partial charge in [0.2, 0.25) is 0 Å². The van der Waals surface area contributed by atoms with Gasteiger partial charge in [-0.1, -0.05) is 33.6 Å². The highest BCUT2D eigenvalue weighted by atomic mass is 15.0. The second kappa shape index (κ2) is 6.72. The van der Waals surface area contributed by atoms with E-state index in [0.29, 0.717) is 6.04 Å². The highest BCUT2D eigenvalue weighted by molar-refractivity contribution is 4.79. The molecule has 16 heavy (non-hydrogen) atoms. The van der Waals surface area contributed by atoms with Crippen LogP contribution in [-0.2, 0) is 0 Å². The summed E-state index contributed by atoms with van der Waals surface area (Å²) in [6, 6.07) is 0.582. The SMILES string of the molecule is CCCC(C)C(C)CCC(C)n1ccnc1. The van der Waals surface area contributed by atoms with E-state index in [2.05, 4.69) is 43.4 Å². The fourth-order valence-electron chi connectivity index (χ4n) is 2.21. The van der Waals surface area contributed by atoms with Crippen molar-refractivity contribution in [1.29, 1.82) is 0 Å². The lowest BCUT2D eigenvalue weighted by Gasteiger charge is -2.21. The van der Waals surface area contributed by atoms with Gasteiger partial charge in [-0.05, 0) is 31.6 Å². The predicted octanol–water partition coefficient (Wildman–Crippen LogP) is 4.30. The minimum atomic E-state index is 0.582. The molecule has 1 aromatic heterocycles. The molecule has 0 spiro atoms. The molecule has 2 heteroatoms. The summed E-state index contributed by atoms with van der Waals surface area (Å²) in [5.41, 5.74) is 0. The summed E-state index contributed by atoms with van der Waals surface area (Å²) in [7, 11) is 0. The van der Waals surface area contributed by atoms with Gasteiger partial charge < -0.3 is 4.57 Å². The Morgan fingerprint density at radius 3 is 2.31 bits per heavy atom. The molecule has 1 heterocycles. The first-order valence-electron chi connectivity index (χ1n) is 6.62. The number of imidazole rings is 1. The molecule has 0 aromatic carbocycles. The summed E-state index contributed by atoms with van der Waals surface area (Å²) < 4.78 is 2.21. The van der Waals surface area contributed by atoms with E-state index < -0.39 is 0 Å². The van der Waals surface area contributed by atoms with Gasteiger partial charge in [0, 0.05) is 18.4 Å². The van der Waals surface area contributed by atoms with Crippen LogP contribution in [0, 0.1) is 11.8 Å². The first-order chi connectivity index (χ1) is 7.65. The Hall–Kier alpha value is -0.790. The summed E-state index contributed by atoms with van der Waals surface area (Å²) in [6.07, 6.45) is 11.1. The lowest BCUT2D eigenvalue weighted by molar-refractivity contribution is 0.313. The highest BCUT2D eigenvalue weighted by Gasteiger charge is 2.13. The molecule has 3 atom stereocenters. The van der Waals surface area contributed by atoms with Crippen molar-refractivity contribution in [1.82, 2.24) is 9.55 Å². The second-order valence-electron chi connectivity index (χ2n) is 5.18. The molecule has 1 aromatic rings. The van der Waals surface area contributed by atoms with Gasteiger partial charge >= 0.3 is 0 Å². The predicted molar refractivity (Wildman–Crippen MR) is 69.4 cm³/mol. The van der Waals surface area contributed by atoms with Crippen molar-refractivity contribution in [3.63, 3.8) is 0 Å². The molecule has 0 N–H and O–H groups in total. The molecule has 92 valence electrons. The maximum atomic E-state index is 4.10. The van der Waals surface area contributed by atoms with Crippen LogP contribution in [0.25, 0.3) is 0 Å². The lowest BCUT2D eigenvalue weighted by Crippen LogP contribution is -2.11. The molecule has 2 nitrogen and oxygen atoms in total. The summed E-state index contributed by atoms with van der Waals surface area (Å²) in [5, 5.41) is 0. The van der Waals surface area contributed by atoms with Gasteiger partial charge in [0.25, 0.3) is 0 Å². The second-order valence-corrected chi connectivity index (χ2v) is 5.18. The Kier molecular flexibility index (Phi) is 5.58. The van der Waals surface area contributed by atoms with E-state index in [4.69, 9.17) is 0 Å². The number of nitrogens with zero attached hydrogens (tertiary/aromatic N) is 2. The Labute approximate surface area is 100 Å². The average Bonchev–Trinajstić information content (AvgIpc) is 2.79. The summed E-state index contributed by atoms with van der Waals surface area (Å²) in [4.78, 5) is 4.10. The number of hydrogen-bond acceptors (Lipinski definition) is 1. The third kappa shape index (κ3) is 3.99. The third-order valence-electron chi connectivity index (χ3n) is 3.79. The van der Waals surface area contributed by atoms with Crippen molar-refractivity contribution in [3.05, 3.63) is 18.7 Å². The molecular weight excluding hydrogens is 196 g/mol. The maximum absolute atomic E-state index is 4.10. The molecular formula is C14H26N2. The molecule has 0 radical (unpaired) electrons. The number of hydrogen-bond donors (Lipinski definition) is 0. The van der Waals surface area contributed by atoms with E-state index in [1.807, 2.05) is 12.5 Å². The van der Waals surface area contributed by atoms with Gasteiger partial charge in [-0.25, -0.2) is 4.98 Å². The van der Waals surface area contributed by atoms with Gasteiger partial charge in [-0.15, -0.1) is 0 Å². The number of aromatic nitrogens is 2. The molecule has 0 aliphatic rings. The lowest BCUT2D eigenvalue weighted by atomic mass is 9.87. The molecule has 0 fully saturated rings. The zero-order chi connectivity index (χ0) is 12.0. The van der Waals surface area contributed by atoms with Crippen LogP contribution < -0.4 is 0 Å². The first-order valence-corrected chi connectivity index (χ1v) is 6.62. The highest BCUT2D eigenvalue weighted by Crippen LogP contribution is 2.24. The summed E-state index contributed by atoms with van der Waals surface area (Å²) >= 11 is 0. The smallest absolute Gasteiger partial charge is 0.0948 e. The van der Waals surface area contributed by atoms with Gasteiger partial charge in [0.05, 0.1) is 6.33 Å². The summed E-state index contributed by atoms with van der Waals surface area (Å²) in [6.45, 7) is 9.33. The minimum absolute atomic E-state index is 0.582. The fourth-order valence-corrected chi connectivity index (χ4v) is 2.21. The molecule has 0 bridgehead atoms. The largest absolute Gasteiger partial charge is 0.335 e. The molecule has 3 unspecified atom stereocenters. The zero-order valence-corrected chi connectivity index (χ0v) is 11.2. The Morgan fingerprint density at radius 1 is 1.06 bits per heavy atom. The van der Waals surface area contributed by atoms with Crippen LogP contribution in [0.2, 0.25) is 0 Å². The van der Waals surface area contributed by atoms with Crippen LogP contribution in [0.5, 0.6) is 0 Å². The van der Waals surface area contributed by atoms with Crippen LogP contribution in [-0.4, -0.2) is 9.55 Å². The van der Waals surface area contributed by atoms with E-state index in [1.54, 1.807) is 0 Å². The number of rotatable bonds is 7. The van der Waals surface area contributed by atoms with Crippen molar-refractivity contribution in [2.45, 2.75) is 59.4 Å². The Morgan fingerprint density at radius 2 is 1.75 bits per heavy atom. The topological polar surface area (TPSA) is 17.8 Å². The van der Waals surface area contributed by atoms with Crippen molar-refractivity contribution in [2.75, 3.05) is 0 Å². The van der Waals surface area contributed by atoms with Crippen LogP contribution in [0.1, 0.15) is 59.4 Å². The van der Waals surface area contributed by atoms with Crippen LogP contribution >= 0.6 is 0 Å². The van der Waals surface area contributed by atoms with E-state index >= 15 is 0 Å². The van der Waals surface area contributed by atoms with Gasteiger partial charge in [0.15, 0.2) is 0 Å². The maximum Gasteiger partial charge on any atom is 0.0948 e. The molecule has 0 saturated heterocycles. The van der Waals surface area contributed by atoms with E-state index in [-0.39, 0.29) is 0 Å². The Bertz CT molecular complexity index is 266. The quantitative estimate of drug-likeness (QED) is 0.672. The van der Waals surface area contributed by atoms with Gasteiger partial charge in [-0.2, -0.15) is 0 Å². The normalized spacial score (nSPS) is 17.0. The fraction of sp³-hybridized carbons (Fsp3) is 0.786. The molecule has 0 saturated carbocycles. The monoisotopic (exact) mass is 222 g/mol. The molecule has 0 aliphatic carbocycles. The van der Waals surface area contributed by atoms with Crippen molar-refractivity contribution < 1.29 is 0 Å².